The quantitative estimate of drug-likeness (QED) is 0.428. The van der Waals surface area contributed by atoms with Gasteiger partial charge in [0.25, 0.3) is 0 Å². The van der Waals surface area contributed by atoms with E-state index in [-0.39, 0.29) is 10.6 Å². The molecule has 0 radical (unpaired) electrons. The van der Waals surface area contributed by atoms with Crippen LogP contribution in [0.3, 0.4) is 0 Å². The zero-order valence-electron chi connectivity index (χ0n) is 14.9. The van der Waals surface area contributed by atoms with Crippen molar-refractivity contribution >= 4 is 34.3 Å². The molecule has 0 unspecified atom stereocenters. The van der Waals surface area contributed by atoms with Gasteiger partial charge in [-0.3, -0.25) is 0 Å². The number of anilines is 1. The number of benzene rings is 2. The number of ether oxygens (including phenoxy) is 1. The minimum absolute atomic E-state index is 0.157. The predicted molar refractivity (Wildman–Crippen MR) is 113 cm³/mol. The normalized spacial score (nSPS) is 10.8. The van der Waals surface area contributed by atoms with Crippen molar-refractivity contribution in [1.29, 1.82) is 0 Å². The maximum atomic E-state index is 11.3. The number of carboxylic acid groups (broad SMARTS) is 1. The van der Waals surface area contributed by atoms with Crippen LogP contribution >= 0.6 is 22.7 Å². The van der Waals surface area contributed by atoms with Crippen molar-refractivity contribution in [3.05, 3.63) is 69.7 Å². The molecule has 0 amide bonds. The topological polar surface area (TPSA) is 85.4 Å². The second kappa shape index (κ2) is 7.46. The highest BCUT2D eigenvalue weighted by molar-refractivity contribution is 7.15. The molecule has 0 aliphatic rings. The first-order chi connectivity index (χ1) is 13.5. The Hall–Kier alpha value is -3.16. The lowest BCUT2D eigenvalue weighted by Crippen LogP contribution is -1.98. The van der Waals surface area contributed by atoms with E-state index in [0.717, 1.165) is 26.9 Å². The molecule has 140 valence electrons. The van der Waals surface area contributed by atoms with E-state index < -0.39 is 5.97 Å². The smallest absolute Gasteiger partial charge is 0.348 e. The summed E-state index contributed by atoms with van der Waals surface area (Å²) in [5, 5.41) is 12.0. The van der Waals surface area contributed by atoms with Crippen LogP contribution in [0.25, 0.3) is 21.8 Å². The van der Waals surface area contributed by atoms with E-state index in [2.05, 4.69) is 4.98 Å². The first-order valence-corrected chi connectivity index (χ1v) is 10.1. The number of nitrogens with zero attached hydrogens (tertiary/aromatic N) is 1. The number of carboxylic acids is 1. The third-order valence-corrected chi connectivity index (χ3v) is 6.16. The fraction of sp³-hybridized carbons (Fsp3) is 0.0476. The van der Waals surface area contributed by atoms with Crippen LogP contribution in [0, 0.1) is 6.92 Å². The van der Waals surface area contributed by atoms with Crippen molar-refractivity contribution in [2.45, 2.75) is 6.92 Å². The first kappa shape index (κ1) is 18.2. The van der Waals surface area contributed by atoms with E-state index in [9.17, 15) is 9.90 Å². The van der Waals surface area contributed by atoms with E-state index in [1.165, 1.54) is 22.7 Å². The fourth-order valence-electron chi connectivity index (χ4n) is 2.85. The van der Waals surface area contributed by atoms with E-state index in [1.807, 2.05) is 66.9 Å². The standard InChI is InChI=1S/C21H16N2O3S2/c1-12-17(18(22)19(28-12)21(24)25)16-11-27-20(23-16)13-7-9-15(10-8-13)26-14-5-3-2-4-6-14/h2-11H,22H2,1H3,(H,24,25). The van der Waals surface area contributed by atoms with Gasteiger partial charge in [-0.15, -0.1) is 22.7 Å². The maximum Gasteiger partial charge on any atom is 0.348 e. The molecular formula is C21H16N2O3S2. The zero-order chi connectivity index (χ0) is 19.7. The molecule has 0 saturated carbocycles. The molecule has 0 spiro atoms. The molecule has 7 heteroatoms. The average molecular weight is 409 g/mol. The van der Waals surface area contributed by atoms with Crippen LogP contribution in [0.1, 0.15) is 14.5 Å². The fourth-order valence-corrected chi connectivity index (χ4v) is 4.59. The summed E-state index contributed by atoms with van der Waals surface area (Å²) < 4.78 is 5.81. The molecule has 0 bridgehead atoms. The first-order valence-electron chi connectivity index (χ1n) is 8.44. The summed E-state index contributed by atoms with van der Waals surface area (Å²) in [6, 6.07) is 17.3. The van der Waals surface area contributed by atoms with Crippen molar-refractivity contribution in [2.75, 3.05) is 5.73 Å². The van der Waals surface area contributed by atoms with Crippen LogP contribution in [0.5, 0.6) is 11.5 Å². The molecule has 4 aromatic rings. The van der Waals surface area contributed by atoms with Gasteiger partial charge in [0.2, 0.25) is 0 Å². The van der Waals surface area contributed by atoms with Crippen molar-refractivity contribution in [3.63, 3.8) is 0 Å². The van der Waals surface area contributed by atoms with Crippen molar-refractivity contribution < 1.29 is 14.6 Å². The highest BCUT2D eigenvalue weighted by atomic mass is 32.1. The van der Waals surface area contributed by atoms with Gasteiger partial charge in [0.05, 0.1) is 11.4 Å². The molecule has 2 aromatic heterocycles. The second-order valence-corrected chi connectivity index (χ2v) is 8.14. The van der Waals surface area contributed by atoms with Gasteiger partial charge in [0.1, 0.15) is 21.4 Å². The average Bonchev–Trinajstić information content (AvgIpc) is 3.27. The molecule has 2 aromatic carbocycles. The van der Waals surface area contributed by atoms with Gasteiger partial charge in [0, 0.05) is 21.4 Å². The Morgan fingerprint density at radius 3 is 2.39 bits per heavy atom. The van der Waals surface area contributed by atoms with Crippen LogP contribution in [-0.4, -0.2) is 16.1 Å². The number of rotatable bonds is 5. The van der Waals surface area contributed by atoms with Gasteiger partial charge >= 0.3 is 5.97 Å². The van der Waals surface area contributed by atoms with E-state index in [4.69, 9.17) is 10.5 Å². The summed E-state index contributed by atoms with van der Waals surface area (Å²) in [4.78, 5) is 17.0. The number of thiophene rings is 1. The lowest BCUT2D eigenvalue weighted by molar-refractivity contribution is 0.0703. The molecule has 28 heavy (non-hydrogen) atoms. The maximum absolute atomic E-state index is 11.3. The molecule has 3 N–H and O–H groups in total. The predicted octanol–water partition coefficient (Wildman–Crippen LogP) is 5.92. The Kier molecular flexibility index (Phi) is 4.85. The molecule has 4 rings (SSSR count). The third-order valence-electron chi connectivity index (χ3n) is 4.16. The van der Waals surface area contributed by atoms with Crippen molar-refractivity contribution in [3.8, 4) is 33.3 Å². The van der Waals surface area contributed by atoms with Gasteiger partial charge in [0.15, 0.2) is 0 Å². The second-order valence-electron chi connectivity index (χ2n) is 6.06. The summed E-state index contributed by atoms with van der Waals surface area (Å²) >= 11 is 2.67. The minimum Gasteiger partial charge on any atom is -0.477 e. The van der Waals surface area contributed by atoms with E-state index in [0.29, 0.717) is 11.3 Å². The summed E-state index contributed by atoms with van der Waals surface area (Å²) in [6.45, 7) is 1.86. The minimum atomic E-state index is -1.01. The third kappa shape index (κ3) is 3.49. The molecule has 0 aliphatic heterocycles. The largest absolute Gasteiger partial charge is 0.477 e. The lowest BCUT2D eigenvalue weighted by atomic mass is 10.1. The molecule has 2 heterocycles. The summed E-state index contributed by atoms with van der Waals surface area (Å²) in [6.07, 6.45) is 0. The van der Waals surface area contributed by atoms with E-state index in [1.54, 1.807) is 0 Å². The van der Waals surface area contributed by atoms with Gasteiger partial charge in [-0.1, -0.05) is 18.2 Å². The van der Waals surface area contributed by atoms with Crippen molar-refractivity contribution in [2.24, 2.45) is 0 Å². The highest BCUT2D eigenvalue weighted by Crippen LogP contribution is 2.40. The van der Waals surface area contributed by atoms with Gasteiger partial charge in [-0.2, -0.15) is 0 Å². The van der Waals surface area contributed by atoms with Gasteiger partial charge in [-0.05, 0) is 43.3 Å². The van der Waals surface area contributed by atoms with Crippen LogP contribution in [0.15, 0.2) is 60.0 Å². The summed E-state index contributed by atoms with van der Waals surface area (Å²) in [5.74, 6) is 0.515. The lowest BCUT2D eigenvalue weighted by Gasteiger charge is -2.05. The van der Waals surface area contributed by atoms with Crippen LogP contribution in [0.4, 0.5) is 5.69 Å². The molecule has 5 nitrogen and oxygen atoms in total. The Labute approximate surface area is 169 Å². The Balaban J connectivity index is 1.59. The molecule has 0 saturated heterocycles. The monoisotopic (exact) mass is 408 g/mol. The number of hydrogen-bond acceptors (Lipinski definition) is 6. The Bertz CT molecular complexity index is 1130. The molecule has 0 atom stereocenters. The Morgan fingerprint density at radius 1 is 1.07 bits per heavy atom. The number of aromatic carboxylic acids is 1. The van der Waals surface area contributed by atoms with Crippen LogP contribution in [-0.2, 0) is 0 Å². The number of thiazole rings is 1. The number of nitrogen functional groups attached to an aromatic ring is 1. The number of aromatic nitrogens is 1. The number of carbonyl (C=O) groups is 1. The number of nitrogens with two attached hydrogens (primary N) is 1. The summed E-state index contributed by atoms with van der Waals surface area (Å²) in [7, 11) is 0. The summed E-state index contributed by atoms with van der Waals surface area (Å²) in [5.41, 5.74) is 8.69. The number of aryl methyl sites for hydroxylation is 1. The molecule has 0 fully saturated rings. The van der Waals surface area contributed by atoms with E-state index >= 15 is 0 Å². The Morgan fingerprint density at radius 2 is 1.75 bits per heavy atom. The van der Waals surface area contributed by atoms with Crippen LogP contribution < -0.4 is 10.5 Å². The molecular weight excluding hydrogens is 392 g/mol. The highest BCUT2D eigenvalue weighted by Gasteiger charge is 2.21. The molecule has 0 aliphatic carbocycles. The van der Waals surface area contributed by atoms with Crippen molar-refractivity contribution in [1.82, 2.24) is 4.98 Å². The van der Waals surface area contributed by atoms with Gasteiger partial charge < -0.3 is 15.6 Å². The van der Waals surface area contributed by atoms with Gasteiger partial charge in [-0.25, -0.2) is 9.78 Å². The number of hydrogen-bond donors (Lipinski definition) is 2. The van der Waals surface area contributed by atoms with Crippen LogP contribution in [0.2, 0.25) is 0 Å². The number of para-hydroxylation sites is 1. The zero-order valence-corrected chi connectivity index (χ0v) is 16.5. The SMILES string of the molecule is Cc1sc(C(=O)O)c(N)c1-c1csc(-c2ccc(Oc3ccccc3)cc2)n1.